The van der Waals surface area contributed by atoms with Crippen molar-refractivity contribution >= 4 is 26.8 Å². The van der Waals surface area contributed by atoms with E-state index in [2.05, 4.69) is 4.98 Å². The van der Waals surface area contributed by atoms with Gasteiger partial charge in [0.2, 0.25) is 0 Å². The highest BCUT2D eigenvalue weighted by Gasteiger charge is 2.29. The van der Waals surface area contributed by atoms with Gasteiger partial charge in [-0.3, -0.25) is 24.0 Å². The summed E-state index contributed by atoms with van der Waals surface area (Å²) in [5, 5.41) is 11.4. The Morgan fingerprint density at radius 2 is 2.00 bits per heavy atom. The number of nitro benzene ring substituents is 1. The van der Waals surface area contributed by atoms with Crippen molar-refractivity contribution in [1.82, 2.24) is 14.6 Å². The Morgan fingerprint density at radius 3 is 2.60 bits per heavy atom. The van der Waals surface area contributed by atoms with Gasteiger partial charge in [-0.1, -0.05) is 0 Å². The van der Waals surface area contributed by atoms with Crippen LogP contribution in [-0.4, -0.2) is 47.8 Å². The molecular weight excluding hydrogens is 356 g/mol. The van der Waals surface area contributed by atoms with Crippen molar-refractivity contribution in [3.8, 4) is 0 Å². The lowest BCUT2D eigenvalue weighted by Gasteiger charge is -2.26. The third kappa shape index (κ3) is 3.00. The molecule has 0 radical (unpaired) electrons. The summed E-state index contributed by atoms with van der Waals surface area (Å²) < 4.78 is 28.1. The number of aromatic amines is 1. The Hall–Kier alpha value is -2.73. The number of nitrogens with zero attached hydrogens (tertiary/aromatic N) is 3. The molecule has 1 aromatic heterocycles. The van der Waals surface area contributed by atoms with Crippen LogP contribution in [0.5, 0.6) is 0 Å². The van der Waals surface area contributed by atoms with Gasteiger partial charge in [0, 0.05) is 30.3 Å². The molecule has 0 saturated carbocycles. The maximum absolute atomic E-state index is 12.1. The maximum Gasteiger partial charge on any atom is 0.350 e. The zero-order valence-corrected chi connectivity index (χ0v) is 14.1. The summed E-state index contributed by atoms with van der Waals surface area (Å²) in [6, 6.07) is 1.11. The largest absolute Gasteiger partial charge is 0.350 e. The van der Waals surface area contributed by atoms with Gasteiger partial charge < -0.3 is 9.88 Å². The van der Waals surface area contributed by atoms with Crippen LogP contribution >= 0.6 is 0 Å². The summed E-state index contributed by atoms with van der Waals surface area (Å²) >= 11 is 0. The number of nitrogens with one attached hydrogen (secondary N) is 1. The van der Waals surface area contributed by atoms with E-state index in [0.29, 0.717) is 28.8 Å². The van der Waals surface area contributed by atoms with Gasteiger partial charge in [0.15, 0.2) is 0 Å². The van der Waals surface area contributed by atoms with E-state index in [9.17, 15) is 28.1 Å². The van der Waals surface area contributed by atoms with E-state index in [1.54, 1.807) is 7.05 Å². The van der Waals surface area contributed by atoms with E-state index in [1.165, 1.54) is 0 Å². The lowest BCUT2D eigenvalue weighted by atomic mass is 9.96. The van der Waals surface area contributed by atoms with Gasteiger partial charge in [0.1, 0.15) is 5.52 Å². The van der Waals surface area contributed by atoms with Crippen LogP contribution in [0, 0.1) is 10.1 Å². The molecule has 0 saturated heterocycles. The number of likely N-dealkylation sites (N-methyl/N-ethyl adjacent to an activating group) is 1. The molecule has 0 unspecified atom stereocenters. The molecule has 2 aromatic rings. The Kier molecular flexibility index (Phi) is 3.88. The standard InChI is InChI=1S/C13H14N4O7S/c1-15-4-3-7-8(6-15)11-9(5-10(7)17(20)21)14-12(18)13(19)16(11)24-25(2,22)23/h5H,3-4,6H2,1-2H3,(H,14,18). The lowest BCUT2D eigenvalue weighted by molar-refractivity contribution is -0.385. The quantitative estimate of drug-likeness (QED) is 0.410. The monoisotopic (exact) mass is 370 g/mol. The first-order valence-electron chi connectivity index (χ1n) is 7.15. The number of aromatic nitrogens is 2. The minimum Gasteiger partial charge on any atom is -0.315 e. The van der Waals surface area contributed by atoms with Crippen molar-refractivity contribution in [2.45, 2.75) is 13.0 Å². The van der Waals surface area contributed by atoms with Gasteiger partial charge in [-0.15, -0.1) is 4.73 Å². The second-order valence-electron chi connectivity index (χ2n) is 5.83. The molecule has 0 spiro atoms. The summed E-state index contributed by atoms with van der Waals surface area (Å²) in [4.78, 5) is 38.8. The van der Waals surface area contributed by atoms with Crippen molar-refractivity contribution in [2.75, 3.05) is 19.8 Å². The molecule has 1 aliphatic heterocycles. The summed E-state index contributed by atoms with van der Waals surface area (Å²) in [6.45, 7) is 0.784. The molecule has 1 aliphatic rings. The highest BCUT2D eigenvalue weighted by atomic mass is 32.2. The number of nitro groups is 1. The third-order valence-electron chi connectivity index (χ3n) is 3.90. The molecule has 0 atom stereocenters. The summed E-state index contributed by atoms with van der Waals surface area (Å²) in [6.07, 6.45) is 1.07. The van der Waals surface area contributed by atoms with Crippen LogP contribution in [-0.2, 0) is 23.1 Å². The summed E-state index contributed by atoms with van der Waals surface area (Å²) in [5.41, 5.74) is -1.86. The van der Waals surface area contributed by atoms with Crippen LogP contribution in [0.2, 0.25) is 0 Å². The predicted octanol–water partition coefficient (Wildman–Crippen LogP) is -1.03. The van der Waals surface area contributed by atoms with Crippen molar-refractivity contribution in [3.63, 3.8) is 0 Å². The van der Waals surface area contributed by atoms with Gasteiger partial charge in [-0.2, -0.15) is 8.42 Å². The average molecular weight is 370 g/mol. The molecule has 11 nitrogen and oxygen atoms in total. The lowest BCUT2D eigenvalue weighted by Crippen LogP contribution is -2.42. The number of rotatable bonds is 3. The van der Waals surface area contributed by atoms with E-state index in [4.69, 9.17) is 4.28 Å². The number of fused-ring (bicyclic) bond motifs is 3. The Morgan fingerprint density at radius 1 is 1.32 bits per heavy atom. The molecule has 3 rings (SSSR count). The van der Waals surface area contributed by atoms with Crippen LogP contribution in [0.4, 0.5) is 5.69 Å². The normalized spacial score (nSPS) is 15.1. The fourth-order valence-corrected chi connectivity index (χ4v) is 3.33. The van der Waals surface area contributed by atoms with E-state index in [1.807, 2.05) is 4.90 Å². The fraction of sp³-hybridized carbons (Fsp3) is 0.385. The van der Waals surface area contributed by atoms with E-state index < -0.39 is 26.2 Å². The highest BCUT2D eigenvalue weighted by Crippen LogP contribution is 2.32. The minimum absolute atomic E-state index is 0.00201. The molecule has 0 bridgehead atoms. The molecule has 0 fully saturated rings. The zero-order valence-electron chi connectivity index (χ0n) is 13.3. The molecular formula is C13H14N4O7S. The first kappa shape index (κ1) is 17.1. The number of H-pyrrole nitrogens is 1. The van der Waals surface area contributed by atoms with Gasteiger partial charge in [-0.05, 0) is 13.5 Å². The molecule has 25 heavy (non-hydrogen) atoms. The predicted molar refractivity (Wildman–Crippen MR) is 86.9 cm³/mol. The first-order valence-corrected chi connectivity index (χ1v) is 8.97. The van der Waals surface area contributed by atoms with Crippen molar-refractivity contribution in [1.29, 1.82) is 0 Å². The topological polar surface area (TPSA) is 145 Å². The van der Waals surface area contributed by atoms with Gasteiger partial charge in [0.05, 0.1) is 16.7 Å². The van der Waals surface area contributed by atoms with Crippen molar-refractivity contribution in [2.24, 2.45) is 0 Å². The molecule has 2 heterocycles. The van der Waals surface area contributed by atoms with Crippen LogP contribution in [0.1, 0.15) is 11.1 Å². The van der Waals surface area contributed by atoms with Gasteiger partial charge >= 0.3 is 21.2 Å². The molecule has 0 aliphatic carbocycles. The molecule has 1 N–H and O–H groups in total. The van der Waals surface area contributed by atoms with Crippen molar-refractivity contribution in [3.05, 3.63) is 48.0 Å². The van der Waals surface area contributed by atoms with Crippen LogP contribution in [0.3, 0.4) is 0 Å². The van der Waals surface area contributed by atoms with Crippen LogP contribution in [0.15, 0.2) is 15.7 Å². The number of hydrogen-bond acceptors (Lipinski definition) is 8. The van der Waals surface area contributed by atoms with E-state index in [0.717, 1.165) is 12.3 Å². The average Bonchev–Trinajstić information content (AvgIpc) is 2.49. The SMILES string of the molecule is CN1CCc2c([N+](=O)[O-])cc3[nH]c(=O)c(=O)n(OS(C)(=O)=O)c3c2C1. The number of benzene rings is 1. The summed E-state index contributed by atoms with van der Waals surface area (Å²) in [7, 11) is -2.33. The molecule has 1 aromatic carbocycles. The Balaban J connectivity index is 2.51. The Bertz CT molecular complexity index is 1120. The highest BCUT2D eigenvalue weighted by molar-refractivity contribution is 7.86. The Labute approximate surface area is 140 Å². The number of hydrogen-bond donors (Lipinski definition) is 1. The van der Waals surface area contributed by atoms with Gasteiger partial charge in [-0.25, -0.2) is 0 Å². The van der Waals surface area contributed by atoms with Gasteiger partial charge in [0.25, 0.3) is 5.69 Å². The zero-order chi connectivity index (χ0) is 18.5. The molecule has 0 amide bonds. The fourth-order valence-electron chi connectivity index (χ4n) is 2.92. The first-order chi connectivity index (χ1) is 11.6. The molecule has 12 heteroatoms. The maximum atomic E-state index is 12.1. The minimum atomic E-state index is -4.11. The second kappa shape index (κ2) is 5.67. The smallest absolute Gasteiger partial charge is 0.315 e. The van der Waals surface area contributed by atoms with Crippen LogP contribution in [0.25, 0.3) is 11.0 Å². The van der Waals surface area contributed by atoms with Crippen LogP contribution < -0.4 is 15.4 Å². The summed E-state index contributed by atoms with van der Waals surface area (Å²) in [5.74, 6) is 0. The van der Waals surface area contributed by atoms with E-state index >= 15 is 0 Å². The molecule has 134 valence electrons. The second-order valence-corrected chi connectivity index (χ2v) is 7.38. The van der Waals surface area contributed by atoms with Crippen molar-refractivity contribution < 1.29 is 17.6 Å². The van der Waals surface area contributed by atoms with E-state index in [-0.39, 0.29) is 23.3 Å². The third-order valence-corrected chi connectivity index (χ3v) is 4.32.